The molecule has 0 fully saturated rings. The number of fused-ring (bicyclic) bond motifs is 1. The highest BCUT2D eigenvalue weighted by Crippen LogP contribution is 2.38. The van der Waals surface area contributed by atoms with Crippen LogP contribution in [0.5, 0.6) is 0 Å². The van der Waals surface area contributed by atoms with E-state index in [0.29, 0.717) is 10.7 Å². The van der Waals surface area contributed by atoms with Gasteiger partial charge in [0.2, 0.25) is 11.8 Å². The lowest BCUT2D eigenvalue weighted by Gasteiger charge is -2.24. The van der Waals surface area contributed by atoms with Crippen LogP contribution < -0.4 is 10.6 Å². The van der Waals surface area contributed by atoms with Crippen LogP contribution in [0, 0.1) is 5.92 Å². The second-order valence-corrected chi connectivity index (χ2v) is 7.13. The summed E-state index contributed by atoms with van der Waals surface area (Å²) in [6.45, 7) is 2.02. The Kier molecular flexibility index (Phi) is 5.90. The summed E-state index contributed by atoms with van der Waals surface area (Å²) < 4.78 is 0. The molecule has 0 saturated carbocycles. The predicted octanol–water partition coefficient (Wildman–Crippen LogP) is 2.37. The fraction of sp³-hybridized carbons (Fsp3) is 0.400. The van der Waals surface area contributed by atoms with Crippen molar-refractivity contribution in [2.24, 2.45) is 5.92 Å². The molecule has 1 heterocycles. The Morgan fingerprint density at radius 2 is 2.22 bits per heavy atom. The van der Waals surface area contributed by atoms with Crippen molar-refractivity contribution in [1.82, 2.24) is 5.32 Å². The summed E-state index contributed by atoms with van der Waals surface area (Å²) >= 11 is 7.21. The van der Waals surface area contributed by atoms with Crippen molar-refractivity contribution in [1.29, 1.82) is 0 Å². The number of nitrogens with one attached hydrogen (secondary N) is 2. The molecule has 8 heteroatoms. The van der Waals surface area contributed by atoms with Gasteiger partial charge in [0.05, 0.1) is 10.9 Å². The fourth-order valence-corrected chi connectivity index (χ4v) is 3.42. The summed E-state index contributed by atoms with van der Waals surface area (Å²) in [5.74, 6) is -1.57. The monoisotopic (exact) mass is 356 g/mol. The average Bonchev–Trinajstić information content (AvgIpc) is 2.45. The van der Waals surface area contributed by atoms with Gasteiger partial charge in [-0.3, -0.25) is 14.4 Å². The lowest BCUT2D eigenvalue weighted by atomic mass is 10.1. The van der Waals surface area contributed by atoms with Gasteiger partial charge in [0, 0.05) is 29.3 Å². The lowest BCUT2D eigenvalue weighted by Crippen LogP contribution is -2.36. The maximum absolute atomic E-state index is 12.1. The van der Waals surface area contributed by atoms with E-state index in [1.165, 1.54) is 11.8 Å². The molecule has 2 atom stereocenters. The summed E-state index contributed by atoms with van der Waals surface area (Å²) in [5, 5.41) is 14.1. The SMILES string of the molecule is CC(CNC(=O)CC1Sc2ccc(Cl)cc2NC1=O)CC(=O)O. The summed E-state index contributed by atoms with van der Waals surface area (Å²) in [4.78, 5) is 35.4. The number of hydrogen-bond acceptors (Lipinski definition) is 4. The normalized spacial score (nSPS) is 17.8. The van der Waals surface area contributed by atoms with Gasteiger partial charge < -0.3 is 15.7 Å². The van der Waals surface area contributed by atoms with Gasteiger partial charge in [-0.05, 0) is 24.1 Å². The fourth-order valence-electron chi connectivity index (χ4n) is 2.16. The smallest absolute Gasteiger partial charge is 0.303 e. The van der Waals surface area contributed by atoms with Crippen LogP contribution in [0.15, 0.2) is 23.1 Å². The molecule has 1 aliphatic rings. The summed E-state index contributed by atoms with van der Waals surface area (Å²) in [5.41, 5.74) is 0.652. The van der Waals surface area contributed by atoms with Gasteiger partial charge in [-0.1, -0.05) is 18.5 Å². The molecular formula is C15H17ClN2O4S. The molecule has 6 nitrogen and oxygen atoms in total. The number of thioether (sulfide) groups is 1. The quantitative estimate of drug-likeness (QED) is 0.727. The molecule has 2 amide bonds. The first-order valence-corrected chi connectivity index (χ1v) is 8.36. The number of carboxylic acid groups (broad SMARTS) is 1. The highest BCUT2D eigenvalue weighted by molar-refractivity contribution is 8.01. The van der Waals surface area contributed by atoms with Crippen LogP contribution in [0.25, 0.3) is 0 Å². The third-order valence-corrected chi connectivity index (χ3v) is 4.81. The van der Waals surface area contributed by atoms with E-state index in [1.54, 1.807) is 19.1 Å². The van der Waals surface area contributed by atoms with E-state index in [-0.39, 0.29) is 37.1 Å². The lowest BCUT2D eigenvalue weighted by molar-refractivity contribution is -0.138. The maximum atomic E-state index is 12.1. The number of aliphatic carboxylic acids is 1. The maximum Gasteiger partial charge on any atom is 0.303 e. The number of carboxylic acids is 1. The molecule has 0 spiro atoms. The summed E-state index contributed by atoms with van der Waals surface area (Å²) in [6.07, 6.45) is 0.0332. The van der Waals surface area contributed by atoms with Crippen molar-refractivity contribution in [2.45, 2.75) is 29.9 Å². The third-order valence-electron chi connectivity index (χ3n) is 3.30. The first-order chi connectivity index (χ1) is 10.8. The standard InChI is InChI=1S/C15H17ClN2O4S/c1-8(4-14(20)21)7-17-13(19)6-12-15(22)18-10-5-9(16)2-3-11(10)23-12/h2-3,5,8,12H,4,6-7H2,1H3,(H,17,19)(H,18,22)(H,20,21). The number of halogens is 1. The predicted molar refractivity (Wildman–Crippen MR) is 88.8 cm³/mol. The number of carbonyl (C=O) groups is 3. The Labute approximate surface area is 143 Å². The van der Waals surface area contributed by atoms with Gasteiger partial charge in [-0.2, -0.15) is 0 Å². The minimum atomic E-state index is -0.899. The Balaban J connectivity index is 1.88. The van der Waals surface area contributed by atoms with E-state index in [9.17, 15) is 14.4 Å². The van der Waals surface area contributed by atoms with Gasteiger partial charge in [0.15, 0.2) is 0 Å². The van der Waals surface area contributed by atoms with E-state index in [1.807, 2.05) is 6.07 Å². The number of hydrogen-bond donors (Lipinski definition) is 3. The third kappa shape index (κ3) is 5.14. The zero-order valence-corrected chi connectivity index (χ0v) is 14.0. The molecule has 3 N–H and O–H groups in total. The summed E-state index contributed by atoms with van der Waals surface area (Å²) in [7, 11) is 0. The zero-order valence-electron chi connectivity index (χ0n) is 12.5. The minimum Gasteiger partial charge on any atom is -0.481 e. The van der Waals surface area contributed by atoms with E-state index in [4.69, 9.17) is 16.7 Å². The van der Waals surface area contributed by atoms with Gasteiger partial charge in [0.1, 0.15) is 0 Å². The largest absolute Gasteiger partial charge is 0.481 e. The second kappa shape index (κ2) is 7.70. The number of benzene rings is 1. The molecule has 1 aliphatic heterocycles. The minimum absolute atomic E-state index is 0.00687. The molecule has 2 rings (SSSR count). The van der Waals surface area contributed by atoms with Crippen LogP contribution in [0.3, 0.4) is 0 Å². The molecule has 0 bridgehead atoms. The van der Waals surface area contributed by atoms with Crippen molar-refractivity contribution in [3.8, 4) is 0 Å². The Bertz CT molecular complexity index is 638. The topological polar surface area (TPSA) is 95.5 Å². The molecule has 0 saturated heterocycles. The molecule has 2 unspecified atom stereocenters. The van der Waals surface area contributed by atoms with Crippen molar-refractivity contribution in [3.05, 3.63) is 23.2 Å². The van der Waals surface area contributed by atoms with Crippen molar-refractivity contribution < 1.29 is 19.5 Å². The highest BCUT2D eigenvalue weighted by Gasteiger charge is 2.29. The number of carbonyl (C=O) groups excluding carboxylic acids is 2. The molecule has 124 valence electrons. The molecule has 0 aliphatic carbocycles. The van der Waals surface area contributed by atoms with Gasteiger partial charge >= 0.3 is 5.97 Å². The van der Waals surface area contributed by atoms with Crippen LogP contribution in [-0.4, -0.2) is 34.7 Å². The Morgan fingerprint density at radius 1 is 1.48 bits per heavy atom. The van der Waals surface area contributed by atoms with Crippen molar-refractivity contribution in [3.63, 3.8) is 0 Å². The molecule has 0 radical (unpaired) electrons. The van der Waals surface area contributed by atoms with Crippen molar-refractivity contribution >= 4 is 46.8 Å². The molecule has 23 heavy (non-hydrogen) atoms. The van der Waals surface area contributed by atoms with E-state index >= 15 is 0 Å². The van der Waals surface area contributed by atoms with Gasteiger partial charge in [0.25, 0.3) is 0 Å². The van der Waals surface area contributed by atoms with Crippen LogP contribution in [0.4, 0.5) is 5.69 Å². The van der Waals surface area contributed by atoms with Crippen LogP contribution in [0.1, 0.15) is 19.8 Å². The van der Waals surface area contributed by atoms with Crippen LogP contribution >= 0.6 is 23.4 Å². The van der Waals surface area contributed by atoms with Crippen LogP contribution in [0.2, 0.25) is 5.02 Å². The summed E-state index contributed by atoms with van der Waals surface area (Å²) in [6, 6.07) is 5.21. The van der Waals surface area contributed by atoms with Crippen molar-refractivity contribution in [2.75, 3.05) is 11.9 Å². The zero-order chi connectivity index (χ0) is 17.0. The average molecular weight is 357 g/mol. The molecule has 0 aromatic heterocycles. The number of rotatable bonds is 6. The van der Waals surface area contributed by atoms with Crippen LogP contribution in [-0.2, 0) is 14.4 Å². The number of amides is 2. The first kappa shape index (κ1) is 17.6. The van der Waals surface area contributed by atoms with Gasteiger partial charge in [-0.25, -0.2) is 0 Å². The number of anilines is 1. The van der Waals surface area contributed by atoms with E-state index in [0.717, 1.165) is 4.90 Å². The van der Waals surface area contributed by atoms with Gasteiger partial charge in [-0.15, -0.1) is 11.8 Å². The highest BCUT2D eigenvalue weighted by atomic mass is 35.5. The Hall–Kier alpha value is -1.73. The second-order valence-electron chi connectivity index (χ2n) is 5.45. The molecule has 1 aromatic carbocycles. The first-order valence-electron chi connectivity index (χ1n) is 7.10. The molecular weight excluding hydrogens is 340 g/mol. The van der Waals surface area contributed by atoms with E-state index < -0.39 is 11.2 Å². The van der Waals surface area contributed by atoms with E-state index in [2.05, 4.69) is 10.6 Å². The molecule has 1 aromatic rings. The Morgan fingerprint density at radius 3 is 2.91 bits per heavy atom.